The molecule has 3 aromatic heterocycles. The Morgan fingerprint density at radius 1 is 1.32 bits per heavy atom. The highest BCUT2D eigenvalue weighted by Gasteiger charge is 2.30. The molecule has 0 fully saturated rings. The number of H-pyrrole nitrogens is 1. The van der Waals surface area contributed by atoms with Gasteiger partial charge in [0.25, 0.3) is 0 Å². The summed E-state index contributed by atoms with van der Waals surface area (Å²) in [6.07, 6.45) is 1.82. The molecule has 0 radical (unpaired) electrons. The number of nitrogens with one attached hydrogen (secondary N) is 1. The first-order valence-electron chi connectivity index (χ1n) is 5.72. The van der Waals surface area contributed by atoms with Crippen LogP contribution in [0.4, 0.5) is 0 Å². The Bertz CT molecular complexity index is 719. The van der Waals surface area contributed by atoms with Gasteiger partial charge in [-0.1, -0.05) is 6.07 Å². The van der Waals surface area contributed by atoms with E-state index in [1.54, 1.807) is 22.7 Å². The number of thiazole rings is 1. The van der Waals surface area contributed by atoms with Crippen molar-refractivity contribution in [3.05, 3.63) is 38.9 Å². The summed E-state index contributed by atoms with van der Waals surface area (Å²) in [4.78, 5) is 5.51. The van der Waals surface area contributed by atoms with Crippen LogP contribution in [0.5, 0.6) is 0 Å². The molecule has 7 heteroatoms. The number of hydrogen-bond donors (Lipinski definition) is 1. The topological polar surface area (TPSA) is 46.5 Å². The lowest BCUT2D eigenvalue weighted by Crippen LogP contribution is -2.28. The van der Waals surface area contributed by atoms with E-state index in [1.807, 2.05) is 33.7 Å². The molecule has 3 heterocycles. The minimum absolute atomic E-state index is 0.322. The Labute approximate surface area is 123 Å². The van der Waals surface area contributed by atoms with Crippen LogP contribution in [-0.4, -0.2) is 19.7 Å². The number of aromatic amines is 1. The van der Waals surface area contributed by atoms with Crippen LogP contribution in [0.15, 0.2) is 29.1 Å². The lowest BCUT2D eigenvalue weighted by Gasteiger charge is -2.25. The Hall–Kier alpha value is -1.31. The lowest BCUT2D eigenvalue weighted by atomic mass is 10.1. The summed E-state index contributed by atoms with van der Waals surface area (Å²) in [6, 6.07) is 4.06. The summed E-state index contributed by atoms with van der Waals surface area (Å²) < 4.78 is 2.65. The minimum Gasteiger partial charge on any atom is -0.287 e. The van der Waals surface area contributed by atoms with Crippen LogP contribution in [0.3, 0.4) is 0 Å². The van der Waals surface area contributed by atoms with Crippen LogP contribution < -0.4 is 0 Å². The highest BCUT2D eigenvalue weighted by atomic mass is 32.1. The molecule has 0 unspecified atom stereocenters. The maximum absolute atomic E-state index is 5.40. The monoisotopic (exact) mass is 308 g/mol. The quantitative estimate of drug-likeness (QED) is 0.746. The van der Waals surface area contributed by atoms with E-state index in [2.05, 4.69) is 29.0 Å². The zero-order chi connectivity index (χ0) is 13.5. The van der Waals surface area contributed by atoms with Gasteiger partial charge in [-0.2, -0.15) is 5.10 Å². The van der Waals surface area contributed by atoms with Crippen LogP contribution >= 0.6 is 34.9 Å². The molecule has 0 spiro atoms. The summed E-state index contributed by atoms with van der Waals surface area (Å²) in [5, 5.41) is 12.3. The van der Waals surface area contributed by atoms with E-state index >= 15 is 0 Å². The van der Waals surface area contributed by atoms with E-state index in [9.17, 15) is 0 Å². The number of nitrogens with zero attached hydrogens (tertiary/aromatic N) is 3. The second kappa shape index (κ2) is 4.66. The van der Waals surface area contributed by atoms with E-state index in [-0.39, 0.29) is 5.54 Å². The number of aromatic nitrogens is 4. The number of hydrogen-bond acceptors (Lipinski definition) is 5. The predicted octanol–water partition coefficient (Wildman–Crippen LogP) is 3.91. The van der Waals surface area contributed by atoms with Crippen molar-refractivity contribution in [3.8, 4) is 10.7 Å². The minimum atomic E-state index is -0.322. The fourth-order valence-electron chi connectivity index (χ4n) is 2.01. The maximum atomic E-state index is 5.40. The van der Waals surface area contributed by atoms with E-state index in [4.69, 9.17) is 12.2 Å². The van der Waals surface area contributed by atoms with Gasteiger partial charge < -0.3 is 0 Å². The Balaban J connectivity index is 2.21. The third-order valence-corrected chi connectivity index (χ3v) is 5.15. The zero-order valence-electron chi connectivity index (χ0n) is 10.5. The van der Waals surface area contributed by atoms with Crippen molar-refractivity contribution in [2.45, 2.75) is 19.4 Å². The van der Waals surface area contributed by atoms with Gasteiger partial charge in [0, 0.05) is 11.6 Å². The van der Waals surface area contributed by atoms with Crippen LogP contribution in [0, 0.1) is 4.77 Å². The molecule has 98 valence electrons. The molecule has 4 nitrogen and oxygen atoms in total. The van der Waals surface area contributed by atoms with Gasteiger partial charge in [0.2, 0.25) is 0 Å². The molecule has 0 saturated heterocycles. The van der Waals surface area contributed by atoms with Gasteiger partial charge in [0.1, 0.15) is 5.01 Å². The van der Waals surface area contributed by atoms with Gasteiger partial charge in [-0.15, -0.1) is 22.7 Å². The Morgan fingerprint density at radius 3 is 2.79 bits per heavy atom. The molecule has 1 N–H and O–H groups in total. The molecule has 0 bridgehead atoms. The Morgan fingerprint density at radius 2 is 2.16 bits per heavy atom. The first-order valence-corrected chi connectivity index (χ1v) is 7.89. The zero-order valence-corrected chi connectivity index (χ0v) is 12.9. The van der Waals surface area contributed by atoms with Gasteiger partial charge in [-0.05, 0) is 37.5 Å². The summed E-state index contributed by atoms with van der Waals surface area (Å²) in [5.41, 5.74) is -0.322. The van der Waals surface area contributed by atoms with Gasteiger partial charge in [-0.3, -0.25) is 9.67 Å². The molecule has 0 amide bonds. The lowest BCUT2D eigenvalue weighted by molar-refractivity contribution is 0.432. The van der Waals surface area contributed by atoms with Crippen molar-refractivity contribution in [2.24, 2.45) is 0 Å². The average Bonchev–Trinajstić information content (AvgIpc) is 3.10. The highest BCUT2D eigenvalue weighted by molar-refractivity contribution is 7.71. The van der Waals surface area contributed by atoms with Crippen molar-refractivity contribution in [2.75, 3.05) is 0 Å². The van der Waals surface area contributed by atoms with Gasteiger partial charge in [0.15, 0.2) is 10.6 Å². The molecule has 3 aromatic rings. The third kappa shape index (κ3) is 2.07. The maximum Gasteiger partial charge on any atom is 0.196 e. The smallest absolute Gasteiger partial charge is 0.196 e. The average molecular weight is 308 g/mol. The number of rotatable bonds is 3. The second-order valence-electron chi connectivity index (χ2n) is 4.56. The Kier molecular flexibility index (Phi) is 3.12. The second-order valence-corrected chi connectivity index (χ2v) is 6.79. The summed E-state index contributed by atoms with van der Waals surface area (Å²) >= 11 is 8.67. The highest BCUT2D eigenvalue weighted by Crippen LogP contribution is 2.33. The molecule has 0 aliphatic heterocycles. The summed E-state index contributed by atoms with van der Waals surface area (Å²) in [6.45, 7) is 4.21. The van der Waals surface area contributed by atoms with Crippen molar-refractivity contribution >= 4 is 34.9 Å². The molecular weight excluding hydrogens is 296 g/mol. The number of thiophene rings is 1. The van der Waals surface area contributed by atoms with Crippen molar-refractivity contribution in [3.63, 3.8) is 0 Å². The molecule has 0 aliphatic carbocycles. The molecule has 0 atom stereocenters. The van der Waals surface area contributed by atoms with E-state index in [0.717, 1.165) is 15.7 Å². The van der Waals surface area contributed by atoms with E-state index in [1.165, 1.54) is 0 Å². The summed E-state index contributed by atoms with van der Waals surface area (Å²) in [5.74, 6) is 0.861. The SMILES string of the molecule is CC(C)(c1nccs1)n1c(-c2cccs2)n[nH]c1=S. The van der Waals surface area contributed by atoms with Gasteiger partial charge >= 0.3 is 0 Å². The van der Waals surface area contributed by atoms with Crippen LogP contribution in [0.1, 0.15) is 18.9 Å². The molecule has 0 aliphatic rings. The fourth-order valence-corrected chi connectivity index (χ4v) is 3.82. The van der Waals surface area contributed by atoms with Gasteiger partial charge in [-0.25, -0.2) is 4.98 Å². The van der Waals surface area contributed by atoms with Crippen LogP contribution in [-0.2, 0) is 5.54 Å². The first-order chi connectivity index (χ1) is 9.10. The summed E-state index contributed by atoms with van der Waals surface area (Å²) in [7, 11) is 0. The first kappa shape index (κ1) is 12.7. The van der Waals surface area contributed by atoms with E-state index in [0.29, 0.717) is 4.77 Å². The van der Waals surface area contributed by atoms with E-state index < -0.39 is 0 Å². The predicted molar refractivity (Wildman–Crippen MR) is 81.3 cm³/mol. The molecule has 0 saturated carbocycles. The van der Waals surface area contributed by atoms with Crippen molar-refractivity contribution in [1.29, 1.82) is 0 Å². The fraction of sp³-hybridized carbons (Fsp3) is 0.250. The van der Waals surface area contributed by atoms with Crippen molar-refractivity contribution in [1.82, 2.24) is 19.7 Å². The largest absolute Gasteiger partial charge is 0.287 e. The normalized spacial score (nSPS) is 11.9. The van der Waals surface area contributed by atoms with Crippen LogP contribution in [0.25, 0.3) is 10.7 Å². The van der Waals surface area contributed by atoms with Gasteiger partial charge in [0.05, 0.1) is 10.4 Å². The molecule has 3 rings (SSSR count). The van der Waals surface area contributed by atoms with Crippen LogP contribution in [0.2, 0.25) is 0 Å². The standard InChI is InChI=1S/C12H12N4S3/c1-12(2,10-13-5-7-19-10)16-9(14-15-11(16)17)8-4-3-6-18-8/h3-7H,1-2H3,(H,15,17). The molecular formula is C12H12N4S3. The molecule has 19 heavy (non-hydrogen) atoms. The van der Waals surface area contributed by atoms with Crippen molar-refractivity contribution < 1.29 is 0 Å². The third-order valence-electron chi connectivity index (χ3n) is 2.93. The molecule has 0 aromatic carbocycles.